The molecule has 0 saturated carbocycles. The number of esters is 1. The van der Waals surface area contributed by atoms with Gasteiger partial charge < -0.3 is 24.5 Å². The number of aliphatic hydroxyl groups excluding tert-OH is 1. The molecule has 0 spiro atoms. The maximum atomic E-state index is 12.4. The van der Waals surface area contributed by atoms with Crippen molar-refractivity contribution in [3.05, 3.63) is 54.1 Å². The first kappa shape index (κ1) is 24.8. The minimum absolute atomic E-state index is 0.0434. The topological polar surface area (TPSA) is 72.7 Å². The van der Waals surface area contributed by atoms with Gasteiger partial charge in [0.2, 0.25) is 0 Å². The van der Waals surface area contributed by atoms with Gasteiger partial charge in [-0.2, -0.15) is 0 Å². The molecule has 0 aliphatic rings. The van der Waals surface area contributed by atoms with Gasteiger partial charge in [0.15, 0.2) is 0 Å². The van der Waals surface area contributed by atoms with E-state index >= 15 is 0 Å². The molecule has 1 heterocycles. The molecule has 0 amide bonds. The largest absolute Gasteiger partial charge is 0.491 e. The van der Waals surface area contributed by atoms with Crippen LogP contribution in [0.4, 0.5) is 0 Å². The molecule has 178 valence electrons. The summed E-state index contributed by atoms with van der Waals surface area (Å²) in [6, 6.07) is 16.6. The molecule has 6 nitrogen and oxygen atoms in total. The summed E-state index contributed by atoms with van der Waals surface area (Å²) in [5, 5.41) is 14.5. The first-order chi connectivity index (χ1) is 15.7. The minimum atomic E-state index is -0.912. The van der Waals surface area contributed by atoms with Gasteiger partial charge in [0, 0.05) is 29.2 Å². The van der Waals surface area contributed by atoms with E-state index in [2.05, 4.69) is 60.3 Å². The Morgan fingerprint density at radius 1 is 1.15 bits per heavy atom. The highest BCUT2D eigenvalue weighted by Crippen LogP contribution is 2.32. The standard InChI is InChI=1S/C27H36N2O4/c1-7-19-14-22(32-16-21(30)17-33-26(31)27(4,28-5)18(2)3)12-13-23(19)25-15-20-10-8-9-11-24(20)29(25)6/h8-15,18,21,28,30H,7,16-17H2,1-6H3. The molecular formula is C27H36N2O4. The van der Waals surface area contributed by atoms with E-state index < -0.39 is 11.6 Å². The fraction of sp³-hybridized carbons (Fsp3) is 0.444. The van der Waals surface area contributed by atoms with Crippen LogP contribution in [-0.4, -0.2) is 47.5 Å². The van der Waals surface area contributed by atoms with E-state index in [4.69, 9.17) is 9.47 Å². The van der Waals surface area contributed by atoms with Crippen LogP contribution in [0, 0.1) is 5.92 Å². The number of aromatic nitrogens is 1. The lowest BCUT2D eigenvalue weighted by Crippen LogP contribution is -2.53. The fourth-order valence-electron chi connectivity index (χ4n) is 3.94. The van der Waals surface area contributed by atoms with Gasteiger partial charge in [0.25, 0.3) is 0 Å². The number of aryl methyl sites for hydroxylation is 2. The minimum Gasteiger partial charge on any atom is -0.491 e. The summed E-state index contributed by atoms with van der Waals surface area (Å²) >= 11 is 0. The van der Waals surface area contributed by atoms with Gasteiger partial charge in [-0.15, -0.1) is 0 Å². The number of benzene rings is 2. The zero-order valence-corrected chi connectivity index (χ0v) is 20.5. The first-order valence-electron chi connectivity index (χ1n) is 11.6. The molecule has 2 atom stereocenters. The van der Waals surface area contributed by atoms with Crippen LogP contribution in [0.5, 0.6) is 5.75 Å². The van der Waals surface area contributed by atoms with Crippen LogP contribution in [0.3, 0.4) is 0 Å². The Labute approximate surface area is 196 Å². The summed E-state index contributed by atoms with van der Waals surface area (Å²) in [5.74, 6) is 0.352. The molecule has 33 heavy (non-hydrogen) atoms. The Balaban J connectivity index is 1.65. The molecular weight excluding hydrogens is 416 g/mol. The van der Waals surface area contributed by atoms with Crippen molar-refractivity contribution in [2.45, 2.75) is 45.8 Å². The average molecular weight is 453 g/mol. The normalized spacial score (nSPS) is 14.3. The number of carbonyl (C=O) groups excluding carboxylic acids is 1. The van der Waals surface area contributed by atoms with Crippen LogP contribution in [0.2, 0.25) is 0 Å². The molecule has 0 aliphatic heterocycles. The van der Waals surface area contributed by atoms with Crippen LogP contribution >= 0.6 is 0 Å². The third-order valence-corrected chi connectivity index (χ3v) is 6.63. The summed E-state index contributed by atoms with van der Waals surface area (Å²) in [6.45, 7) is 7.74. The zero-order chi connectivity index (χ0) is 24.2. The molecule has 0 fully saturated rings. The number of fused-ring (bicyclic) bond motifs is 1. The number of nitrogens with zero attached hydrogens (tertiary/aromatic N) is 1. The van der Waals surface area contributed by atoms with Gasteiger partial charge in [0.1, 0.15) is 30.6 Å². The average Bonchev–Trinajstić information content (AvgIpc) is 3.16. The molecule has 3 aromatic rings. The van der Waals surface area contributed by atoms with Gasteiger partial charge in [-0.3, -0.25) is 4.79 Å². The highest BCUT2D eigenvalue weighted by molar-refractivity contribution is 5.87. The Hall–Kier alpha value is -2.83. The molecule has 2 unspecified atom stereocenters. The predicted octanol–water partition coefficient (Wildman–Crippen LogP) is 4.32. The van der Waals surface area contributed by atoms with Gasteiger partial charge in [-0.25, -0.2) is 0 Å². The molecule has 3 rings (SSSR count). The van der Waals surface area contributed by atoms with Gasteiger partial charge in [0.05, 0.1) is 0 Å². The van der Waals surface area contributed by atoms with Crippen molar-refractivity contribution in [1.82, 2.24) is 9.88 Å². The monoisotopic (exact) mass is 452 g/mol. The summed E-state index contributed by atoms with van der Waals surface area (Å²) < 4.78 is 13.4. The number of rotatable bonds is 10. The van der Waals surface area contributed by atoms with Crippen LogP contribution in [-0.2, 0) is 23.0 Å². The van der Waals surface area contributed by atoms with E-state index in [1.807, 2.05) is 26.0 Å². The molecule has 0 radical (unpaired) electrons. The number of ether oxygens (including phenoxy) is 2. The lowest BCUT2D eigenvalue weighted by Gasteiger charge is -2.31. The first-order valence-corrected chi connectivity index (χ1v) is 11.6. The zero-order valence-electron chi connectivity index (χ0n) is 20.5. The second-order valence-corrected chi connectivity index (χ2v) is 8.99. The number of aliphatic hydroxyl groups is 1. The van der Waals surface area contributed by atoms with E-state index in [-0.39, 0.29) is 25.1 Å². The molecule has 0 saturated heterocycles. The van der Waals surface area contributed by atoms with E-state index in [0.29, 0.717) is 5.75 Å². The van der Waals surface area contributed by atoms with E-state index in [9.17, 15) is 9.90 Å². The van der Waals surface area contributed by atoms with Crippen LogP contribution in [0.15, 0.2) is 48.5 Å². The van der Waals surface area contributed by atoms with Crippen LogP contribution < -0.4 is 10.1 Å². The van der Waals surface area contributed by atoms with Crippen molar-refractivity contribution in [1.29, 1.82) is 0 Å². The van der Waals surface area contributed by atoms with E-state index in [1.54, 1.807) is 14.0 Å². The maximum absolute atomic E-state index is 12.4. The summed E-state index contributed by atoms with van der Waals surface area (Å²) in [4.78, 5) is 12.4. The number of carbonyl (C=O) groups is 1. The Bertz CT molecular complexity index is 1100. The lowest BCUT2D eigenvalue weighted by molar-refractivity contribution is -0.156. The maximum Gasteiger partial charge on any atom is 0.326 e. The van der Waals surface area contributed by atoms with E-state index in [0.717, 1.165) is 17.7 Å². The third-order valence-electron chi connectivity index (χ3n) is 6.63. The van der Waals surface area contributed by atoms with Crippen molar-refractivity contribution in [2.24, 2.45) is 13.0 Å². The van der Waals surface area contributed by atoms with Crippen molar-refractivity contribution in [3.8, 4) is 17.0 Å². The molecule has 2 N–H and O–H groups in total. The van der Waals surface area contributed by atoms with Gasteiger partial charge >= 0.3 is 5.97 Å². The van der Waals surface area contributed by atoms with Crippen molar-refractivity contribution >= 4 is 16.9 Å². The molecule has 1 aromatic heterocycles. The highest BCUT2D eigenvalue weighted by atomic mass is 16.6. The summed E-state index contributed by atoms with van der Waals surface area (Å²) in [5.41, 5.74) is 3.89. The molecule has 0 aliphatic carbocycles. The number of likely N-dealkylation sites (N-methyl/N-ethyl adjacent to an activating group) is 1. The van der Waals surface area contributed by atoms with Crippen molar-refractivity contribution in [2.75, 3.05) is 20.3 Å². The Morgan fingerprint density at radius 2 is 1.88 bits per heavy atom. The number of hydrogen-bond donors (Lipinski definition) is 2. The Kier molecular flexibility index (Phi) is 7.82. The summed E-state index contributed by atoms with van der Waals surface area (Å²) in [7, 11) is 3.81. The number of nitrogens with one attached hydrogen (secondary N) is 1. The number of hydrogen-bond acceptors (Lipinski definition) is 5. The third kappa shape index (κ3) is 5.23. The van der Waals surface area contributed by atoms with Crippen molar-refractivity contribution in [3.63, 3.8) is 0 Å². The van der Waals surface area contributed by atoms with Crippen LogP contribution in [0.1, 0.15) is 33.3 Å². The summed E-state index contributed by atoms with van der Waals surface area (Å²) in [6.07, 6.45) is -0.0587. The SMILES string of the molecule is CCc1cc(OCC(O)COC(=O)C(C)(NC)C(C)C)ccc1-c1cc2ccccc2n1C. The fourth-order valence-corrected chi connectivity index (χ4v) is 3.94. The smallest absolute Gasteiger partial charge is 0.326 e. The van der Waals surface area contributed by atoms with Gasteiger partial charge in [-0.1, -0.05) is 39.0 Å². The lowest BCUT2D eigenvalue weighted by atomic mass is 9.89. The highest BCUT2D eigenvalue weighted by Gasteiger charge is 2.36. The predicted molar refractivity (Wildman–Crippen MR) is 132 cm³/mol. The molecule has 0 bridgehead atoms. The van der Waals surface area contributed by atoms with Crippen LogP contribution in [0.25, 0.3) is 22.2 Å². The number of para-hydroxylation sites is 1. The second kappa shape index (κ2) is 10.4. The molecule has 2 aromatic carbocycles. The van der Waals surface area contributed by atoms with Gasteiger partial charge in [-0.05, 0) is 62.2 Å². The van der Waals surface area contributed by atoms with Crippen molar-refractivity contribution < 1.29 is 19.4 Å². The Morgan fingerprint density at radius 3 is 2.52 bits per heavy atom. The second-order valence-electron chi connectivity index (χ2n) is 8.99. The quantitative estimate of drug-likeness (QED) is 0.448. The molecule has 6 heteroatoms. The van der Waals surface area contributed by atoms with E-state index in [1.165, 1.54) is 16.5 Å².